The second-order valence-electron chi connectivity index (χ2n) is 2.06. The molecular weight excluding hydrogens is 104 g/mol. The molecule has 2 heteroatoms. The molecule has 1 aliphatic rings. The molecule has 0 saturated carbocycles. The lowest BCUT2D eigenvalue weighted by atomic mass is 10.2. The van der Waals surface area contributed by atoms with Crippen LogP contribution in [0, 0.1) is 0 Å². The summed E-state index contributed by atoms with van der Waals surface area (Å²) in [6.07, 6.45) is 3.21. The molecule has 1 heterocycles. The molecule has 46 valence electrons. The van der Waals surface area contributed by atoms with Gasteiger partial charge in [-0.25, -0.2) is 0 Å². The minimum Gasteiger partial charge on any atom is -0.362 e. The number of epoxide rings is 1. The lowest BCUT2D eigenvalue weighted by Crippen LogP contribution is -1.92. The second-order valence-corrected chi connectivity index (χ2v) is 2.06. The fourth-order valence-corrected chi connectivity index (χ4v) is 0.793. The summed E-state index contributed by atoms with van der Waals surface area (Å²) >= 11 is 0. The average molecular weight is 114 g/mol. The van der Waals surface area contributed by atoms with Gasteiger partial charge in [0.15, 0.2) is 6.29 Å². The van der Waals surface area contributed by atoms with Crippen molar-refractivity contribution in [2.75, 3.05) is 0 Å². The normalized spacial score (nSPS) is 34.6. The van der Waals surface area contributed by atoms with Crippen LogP contribution in [-0.4, -0.2) is 18.5 Å². The molecule has 0 aliphatic carbocycles. The van der Waals surface area contributed by atoms with Crippen LogP contribution in [0.2, 0.25) is 0 Å². The Bertz CT molecular complexity index is 90.5. The van der Waals surface area contributed by atoms with E-state index in [2.05, 4.69) is 6.92 Å². The summed E-state index contributed by atoms with van der Waals surface area (Å²) in [6.45, 7) is 2.09. The van der Waals surface area contributed by atoms with Crippen LogP contribution in [0.3, 0.4) is 0 Å². The molecule has 0 N–H and O–H groups in total. The number of rotatable bonds is 3. The van der Waals surface area contributed by atoms with E-state index in [-0.39, 0.29) is 12.2 Å². The summed E-state index contributed by atoms with van der Waals surface area (Å²) < 4.78 is 4.94. The van der Waals surface area contributed by atoms with E-state index in [0.29, 0.717) is 0 Å². The fraction of sp³-hybridized carbons (Fsp3) is 0.833. The number of ether oxygens (including phenoxy) is 1. The number of aldehydes is 1. The van der Waals surface area contributed by atoms with Crippen molar-refractivity contribution in [2.45, 2.75) is 32.0 Å². The first-order valence-electron chi connectivity index (χ1n) is 2.99. The second kappa shape index (κ2) is 2.27. The van der Waals surface area contributed by atoms with Crippen LogP contribution in [0.4, 0.5) is 0 Å². The Morgan fingerprint density at radius 3 is 2.88 bits per heavy atom. The van der Waals surface area contributed by atoms with Crippen LogP contribution >= 0.6 is 0 Å². The van der Waals surface area contributed by atoms with E-state index in [4.69, 9.17) is 4.74 Å². The lowest BCUT2D eigenvalue weighted by molar-refractivity contribution is -0.108. The monoisotopic (exact) mass is 114 g/mol. The third kappa shape index (κ3) is 1.07. The first-order chi connectivity index (χ1) is 3.88. The van der Waals surface area contributed by atoms with Gasteiger partial charge in [-0.3, -0.25) is 0 Å². The van der Waals surface area contributed by atoms with Crippen LogP contribution < -0.4 is 0 Å². The highest BCUT2D eigenvalue weighted by molar-refractivity contribution is 5.60. The smallest absolute Gasteiger partial charge is 0.151 e. The highest BCUT2D eigenvalue weighted by Crippen LogP contribution is 2.23. The maximum absolute atomic E-state index is 9.93. The van der Waals surface area contributed by atoms with Crippen molar-refractivity contribution in [3.63, 3.8) is 0 Å². The molecule has 2 nitrogen and oxygen atoms in total. The Labute approximate surface area is 48.8 Å². The van der Waals surface area contributed by atoms with Gasteiger partial charge in [-0.05, 0) is 6.42 Å². The Kier molecular flexibility index (Phi) is 1.63. The number of carbonyl (C=O) groups excluding carboxylic acids is 1. The molecule has 2 atom stereocenters. The summed E-state index contributed by atoms with van der Waals surface area (Å²) in [4.78, 5) is 9.93. The summed E-state index contributed by atoms with van der Waals surface area (Å²) in [6, 6.07) is 0. The molecule has 0 amide bonds. The number of carbonyl (C=O) groups is 1. The maximum atomic E-state index is 9.93. The van der Waals surface area contributed by atoms with Crippen molar-refractivity contribution >= 4 is 6.29 Å². The van der Waals surface area contributed by atoms with Gasteiger partial charge >= 0.3 is 0 Å². The predicted molar refractivity (Wildman–Crippen MR) is 29.6 cm³/mol. The van der Waals surface area contributed by atoms with Gasteiger partial charge in [-0.1, -0.05) is 13.3 Å². The van der Waals surface area contributed by atoms with Gasteiger partial charge in [-0.15, -0.1) is 0 Å². The summed E-state index contributed by atoms with van der Waals surface area (Å²) in [5.41, 5.74) is 0. The molecule has 0 spiro atoms. The summed E-state index contributed by atoms with van der Waals surface area (Å²) in [7, 11) is 0. The average Bonchev–Trinajstić information content (AvgIpc) is 2.48. The van der Waals surface area contributed by atoms with Crippen LogP contribution in [0.1, 0.15) is 19.8 Å². The SMILES string of the molecule is CCC[C@H]1O[C@@H]1C=O. The Hall–Kier alpha value is -0.370. The molecular formula is C6H10O2. The van der Waals surface area contributed by atoms with E-state index in [1.54, 1.807) is 0 Å². The van der Waals surface area contributed by atoms with Gasteiger partial charge in [0.2, 0.25) is 0 Å². The zero-order valence-electron chi connectivity index (χ0n) is 4.96. The molecule has 0 aromatic rings. The van der Waals surface area contributed by atoms with Gasteiger partial charge in [0.25, 0.3) is 0 Å². The number of hydrogen-bond acceptors (Lipinski definition) is 2. The number of hydrogen-bond donors (Lipinski definition) is 0. The third-order valence-corrected chi connectivity index (χ3v) is 1.33. The van der Waals surface area contributed by atoms with Crippen molar-refractivity contribution in [2.24, 2.45) is 0 Å². The topological polar surface area (TPSA) is 29.6 Å². The van der Waals surface area contributed by atoms with E-state index in [1.165, 1.54) is 0 Å². The van der Waals surface area contributed by atoms with Gasteiger partial charge < -0.3 is 9.53 Å². The van der Waals surface area contributed by atoms with Crippen LogP contribution in [0.5, 0.6) is 0 Å². The fourth-order valence-electron chi connectivity index (χ4n) is 0.793. The zero-order valence-corrected chi connectivity index (χ0v) is 4.96. The van der Waals surface area contributed by atoms with Crippen LogP contribution in [0.15, 0.2) is 0 Å². The van der Waals surface area contributed by atoms with E-state index in [0.717, 1.165) is 19.1 Å². The molecule has 0 aromatic heterocycles. The molecule has 1 aliphatic heterocycles. The molecule has 0 unspecified atom stereocenters. The van der Waals surface area contributed by atoms with E-state index in [1.807, 2.05) is 0 Å². The quantitative estimate of drug-likeness (QED) is 0.400. The highest BCUT2D eigenvalue weighted by Gasteiger charge is 2.36. The van der Waals surface area contributed by atoms with Crippen molar-refractivity contribution in [1.29, 1.82) is 0 Å². The third-order valence-electron chi connectivity index (χ3n) is 1.33. The van der Waals surface area contributed by atoms with Crippen molar-refractivity contribution < 1.29 is 9.53 Å². The van der Waals surface area contributed by atoms with Crippen molar-refractivity contribution in [3.05, 3.63) is 0 Å². The predicted octanol–water partition coefficient (Wildman–Crippen LogP) is 0.753. The van der Waals surface area contributed by atoms with Crippen LogP contribution in [-0.2, 0) is 9.53 Å². The molecule has 1 rings (SSSR count). The molecule has 0 bridgehead atoms. The lowest BCUT2D eigenvalue weighted by Gasteiger charge is -1.81. The zero-order chi connectivity index (χ0) is 5.98. The summed E-state index contributed by atoms with van der Waals surface area (Å²) in [5.74, 6) is 0. The van der Waals surface area contributed by atoms with E-state index >= 15 is 0 Å². The van der Waals surface area contributed by atoms with Gasteiger partial charge in [0.1, 0.15) is 6.10 Å². The molecule has 0 aromatic carbocycles. The Morgan fingerprint density at radius 1 is 1.75 bits per heavy atom. The minimum atomic E-state index is -0.0602. The molecule has 1 fully saturated rings. The van der Waals surface area contributed by atoms with E-state index < -0.39 is 0 Å². The standard InChI is InChI=1S/C6H10O2/c1-2-3-5-6(4-7)8-5/h4-6H,2-3H2,1H3/t5-,6-/m1/s1. The maximum Gasteiger partial charge on any atom is 0.151 e. The van der Waals surface area contributed by atoms with Crippen molar-refractivity contribution in [3.8, 4) is 0 Å². The molecule has 0 radical (unpaired) electrons. The summed E-state index contributed by atoms with van der Waals surface area (Å²) in [5, 5.41) is 0. The van der Waals surface area contributed by atoms with Crippen molar-refractivity contribution in [1.82, 2.24) is 0 Å². The molecule has 8 heavy (non-hydrogen) atoms. The first-order valence-corrected chi connectivity index (χ1v) is 2.99. The highest BCUT2D eigenvalue weighted by atomic mass is 16.6. The largest absolute Gasteiger partial charge is 0.362 e. The van der Waals surface area contributed by atoms with Gasteiger partial charge in [0.05, 0.1) is 6.10 Å². The van der Waals surface area contributed by atoms with E-state index in [9.17, 15) is 4.79 Å². The van der Waals surface area contributed by atoms with Crippen LogP contribution in [0.25, 0.3) is 0 Å². The molecule has 1 saturated heterocycles. The van der Waals surface area contributed by atoms with Gasteiger partial charge in [0, 0.05) is 0 Å². The Morgan fingerprint density at radius 2 is 2.50 bits per heavy atom. The Balaban J connectivity index is 2.07. The minimum absolute atomic E-state index is 0.0602. The van der Waals surface area contributed by atoms with Gasteiger partial charge in [-0.2, -0.15) is 0 Å². The first kappa shape index (κ1) is 5.76.